The molecule has 0 saturated heterocycles. The van der Waals surface area contributed by atoms with Crippen LogP contribution in [0, 0.1) is 5.82 Å². The zero-order valence-electron chi connectivity index (χ0n) is 11.9. The summed E-state index contributed by atoms with van der Waals surface area (Å²) in [6.07, 6.45) is 1.01. The van der Waals surface area contributed by atoms with E-state index in [9.17, 15) is 17.6 Å². The zero-order valence-corrected chi connectivity index (χ0v) is 12.7. The van der Waals surface area contributed by atoms with Gasteiger partial charge in [0.05, 0.1) is 17.6 Å². The lowest BCUT2D eigenvalue weighted by Crippen LogP contribution is -2.37. The molecule has 0 bridgehead atoms. The second-order valence-electron chi connectivity index (χ2n) is 4.63. The van der Waals surface area contributed by atoms with Crippen LogP contribution in [-0.2, 0) is 14.8 Å². The molecule has 116 valence electrons. The summed E-state index contributed by atoms with van der Waals surface area (Å²) in [6, 6.07) is 13.9. The number of halogens is 1. The van der Waals surface area contributed by atoms with Crippen molar-refractivity contribution >= 4 is 27.3 Å². The molecule has 5 nitrogen and oxygen atoms in total. The van der Waals surface area contributed by atoms with E-state index in [4.69, 9.17) is 0 Å². The number of carbonyl (C=O) groups excluding carboxylic acids is 1. The maximum absolute atomic E-state index is 13.5. The van der Waals surface area contributed by atoms with Crippen molar-refractivity contribution in [1.82, 2.24) is 0 Å². The Hall–Kier alpha value is -2.41. The summed E-state index contributed by atoms with van der Waals surface area (Å²) in [5.74, 6) is -1.21. The van der Waals surface area contributed by atoms with Crippen LogP contribution in [0.4, 0.5) is 15.8 Å². The van der Waals surface area contributed by atoms with Crippen molar-refractivity contribution in [2.45, 2.75) is 0 Å². The molecule has 0 saturated carbocycles. The average molecular weight is 322 g/mol. The Morgan fingerprint density at radius 2 is 1.68 bits per heavy atom. The van der Waals surface area contributed by atoms with Crippen molar-refractivity contribution in [3.8, 4) is 0 Å². The second-order valence-corrected chi connectivity index (χ2v) is 6.54. The molecule has 0 aliphatic heterocycles. The van der Waals surface area contributed by atoms with Crippen LogP contribution in [0.2, 0.25) is 0 Å². The van der Waals surface area contributed by atoms with Crippen molar-refractivity contribution < 1.29 is 17.6 Å². The van der Waals surface area contributed by atoms with Gasteiger partial charge in [0, 0.05) is 0 Å². The van der Waals surface area contributed by atoms with Gasteiger partial charge in [-0.2, -0.15) is 0 Å². The highest BCUT2D eigenvalue weighted by Crippen LogP contribution is 2.17. The molecule has 0 unspecified atom stereocenters. The number of benzene rings is 2. The standard InChI is InChI=1S/C15H15FN2O3S/c1-22(20,21)18(12-7-3-2-4-8-12)11-15(19)17-14-10-6-5-9-13(14)16/h2-10H,11H2,1H3,(H,17,19). The van der Waals surface area contributed by atoms with E-state index in [-0.39, 0.29) is 5.69 Å². The van der Waals surface area contributed by atoms with Crippen molar-refractivity contribution in [1.29, 1.82) is 0 Å². The summed E-state index contributed by atoms with van der Waals surface area (Å²) in [4.78, 5) is 12.0. The van der Waals surface area contributed by atoms with Gasteiger partial charge in [0.2, 0.25) is 15.9 Å². The largest absolute Gasteiger partial charge is 0.322 e. The fourth-order valence-corrected chi connectivity index (χ4v) is 2.73. The van der Waals surface area contributed by atoms with E-state index in [1.807, 2.05) is 0 Å². The van der Waals surface area contributed by atoms with E-state index in [1.165, 1.54) is 18.2 Å². The first-order chi connectivity index (χ1) is 10.4. The van der Waals surface area contributed by atoms with Gasteiger partial charge in [-0.1, -0.05) is 30.3 Å². The fraction of sp³-hybridized carbons (Fsp3) is 0.133. The molecule has 0 spiro atoms. The van der Waals surface area contributed by atoms with E-state index in [0.29, 0.717) is 5.69 Å². The van der Waals surface area contributed by atoms with Crippen LogP contribution < -0.4 is 9.62 Å². The SMILES string of the molecule is CS(=O)(=O)N(CC(=O)Nc1ccccc1F)c1ccccc1. The fourth-order valence-electron chi connectivity index (χ4n) is 1.88. The average Bonchev–Trinajstić information content (AvgIpc) is 2.47. The van der Waals surface area contributed by atoms with Crippen LogP contribution in [-0.4, -0.2) is 27.1 Å². The summed E-state index contributed by atoms with van der Waals surface area (Å²) in [5, 5.41) is 2.36. The topological polar surface area (TPSA) is 66.5 Å². The van der Waals surface area contributed by atoms with Gasteiger partial charge < -0.3 is 5.32 Å². The number of sulfonamides is 1. The van der Waals surface area contributed by atoms with Crippen LogP contribution in [0.15, 0.2) is 54.6 Å². The minimum atomic E-state index is -3.64. The minimum Gasteiger partial charge on any atom is -0.322 e. The lowest BCUT2D eigenvalue weighted by molar-refractivity contribution is -0.114. The summed E-state index contributed by atoms with van der Waals surface area (Å²) in [7, 11) is -3.64. The van der Waals surface area contributed by atoms with Gasteiger partial charge in [-0.25, -0.2) is 12.8 Å². The molecule has 1 N–H and O–H groups in total. The van der Waals surface area contributed by atoms with Gasteiger partial charge in [-0.3, -0.25) is 9.10 Å². The number of hydrogen-bond donors (Lipinski definition) is 1. The minimum absolute atomic E-state index is 0.00835. The quantitative estimate of drug-likeness (QED) is 0.918. The first kappa shape index (κ1) is 16.0. The maximum Gasteiger partial charge on any atom is 0.245 e. The van der Waals surface area contributed by atoms with Crippen molar-refractivity contribution in [2.75, 3.05) is 22.4 Å². The molecule has 2 aromatic carbocycles. The third-order valence-electron chi connectivity index (χ3n) is 2.88. The van der Waals surface area contributed by atoms with E-state index in [0.717, 1.165) is 10.6 Å². The van der Waals surface area contributed by atoms with Crippen LogP contribution in [0.5, 0.6) is 0 Å². The molecular formula is C15H15FN2O3S. The molecule has 0 fully saturated rings. The smallest absolute Gasteiger partial charge is 0.245 e. The lowest BCUT2D eigenvalue weighted by atomic mass is 10.3. The Bertz CT molecular complexity index is 763. The highest BCUT2D eigenvalue weighted by Gasteiger charge is 2.21. The highest BCUT2D eigenvalue weighted by molar-refractivity contribution is 7.92. The van der Waals surface area contributed by atoms with Crippen LogP contribution in [0.25, 0.3) is 0 Å². The zero-order chi connectivity index (χ0) is 16.2. The number of carbonyl (C=O) groups is 1. The Morgan fingerprint density at radius 3 is 2.27 bits per heavy atom. The molecule has 7 heteroatoms. The summed E-state index contributed by atoms with van der Waals surface area (Å²) >= 11 is 0. The molecule has 0 aliphatic rings. The number of nitrogens with zero attached hydrogens (tertiary/aromatic N) is 1. The van der Waals surface area contributed by atoms with Crippen LogP contribution in [0.3, 0.4) is 0 Å². The van der Waals surface area contributed by atoms with E-state index in [2.05, 4.69) is 5.32 Å². The highest BCUT2D eigenvalue weighted by atomic mass is 32.2. The third kappa shape index (κ3) is 4.05. The Kier molecular flexibility index (Phi) is 4.77. The van der Waals surface area contributed by atoms with Gasteiger partial charge in [0.1, 0.15) is 12.4 Å². The number of anilines is 2. The molecule has 0 heterocycles. The van der Waals surface area contributed by atoms with Gasteiger partial charge in [-0.15, -0.1) is 0 Å². The number of para-hydroxylation sites is 2. The van der Waals surface area contributed by atoms with Gasteiger partial charge >= 0.3 is 0 Å². The third-order valence-corrected chi connectivity index (χ3v) is 4.02. The molecule has 0 atom stereocenters. The lowest BCUT2D eigenvalue weighted by Gasteiger charge is -2.21. The van der Waals surface area contributed by atoms with E-state index in [1.54, 1.807) is 36.4 Å². The van der Waals surface area contributed by atoms with E-state index < -0.39 is 28.3 Å². The molecule has 0 aromatic heterocycles. The Labute approximate surface area is 128 Å². The van der Waals surface area contributed by atoms with E-state index >= 15 is 0 Å². The summed E-state index contributed by atoms with van der Waals surface area (Å²) < 4.78 is 38.2. The monoisotopic (exact) mass is 322 g/mol. The van der Waals surface area contributed by atoms with Crippen molar-refractivity contribution in [3.63, 3.8) is 0 Å². The predicted molar refractivity (Wildman–Crippen MR) is 83.7 cm³/mol. The number of rotatable bonds is 5. The first-order valence-corrected chi connectivity index (χ1v) is 8.30. The molecule has 22 heavy (non-hydrogen) atoms. The van der Waals surface area contributed by atoms with Crippen molar-refractivity contribution in [2.24, 2.45) is 0 Å². The second kappa shape index (κ2) is 6.57. The number of hydrogen-bond acceptors (Lipinski definition) is 3. The summed E-state index contributed by atoms with van der Waals surface area (Å²) in [6.45, 7) is -0.433. The molecule has 2 aromatic rings. The van der Waals surface area contributed by atoms with Crippen LogP contribution in [0.1, 0.15) is 0 Å². The summed E-state index contributed by atoms with van der Waals surface area (Å²) in [5.41, 5.74) is 0.377. The predicted octanol–water partition coefficient (Wildman–Crippen LogP) is 2.23. The normalized spacial score (nSPS) is 11.0. The molecule has 0 radical (unpaired) electrons. The first-order valence-electron chi connectivity index (χ1n) is 6.45. The number of nitrogens with one attached hydrogen (secondary N) is 1. The van der Waals surface area contributed by atoms with Gasteiger partial charge in [0.25, 0.3) is 0 Å². The maximum atomic E-state index is 13.5. The van der Waals surface area contributed by atoms with Crippen LogP contribution >= 0.6 is 0 Å². The molecule has 2 rings (SSSR count). The molecule has 1 amide bonds. The Balaban J connectivity index is 2.18. The van der Waals surface area contributed by atoms with Gasteiger partial charge in [0.15, 0.2) is 0 Å². The van der Waals surface area contributed by atoms with Crippen molar-refractivity contribution in [3.05, 3.63) is 60.4 Å². The number of amides is 1. The molecular weight excluding hydrogens is 307 g/mol. The van der Waals surface area contributed by atoms with Gasteiger partial charge in [-0.05, 0) is 24.3 Å². The molecule has 0 aliphatic carbocycles. The Morgan fingerprint density at radius 1 is 1.09 bits per heavy atom.